The van der Waals surface area contributed by atoms with Crippen LogP contribution < -0.4 is 0 Å². The molecule has 0 aliphatic carbocycles. The molecule has 3 nitrogen and oxygen atoms in total. The van der Waals surface area contributed by atoms with Gasteiger partial charge in [-0.3, -0.25) is 4.79 Å². The topological polar surface area (TPSA) is 49.8 Å². The number of carbonyl (C=O) groups is 1. The Morgan fingerprint density at radius 3 is 2.80 bits per heavy atom. The van der Waals surface area contributed by atoms with Gasteiger partial charge < -0.3 is 9.84 Å². The fourth-order valence-electron chi connectivity index (χ4n) is 1.47. The summed E-state index contributed by atoms with van der Waals surface area (Å²) >= 11 is 1.41. The van der Waals surface area contributed by atoms with Gasteiger partial charge in [-0.05, 0) is 5.56 Å². The molecule has 0 saturated carbocycles. The number of carboxylic acids is 1. The number of ether oxygens (including phenoxy) is 1. The van der Waals surface area contributed by atoms with Crippen LogP contribution in [0.5, 0.6) is 0 Å². The van der Waals surface area contributed by atoms with E-state index in [9.17, 15) is 4.79 Å². The summed E-state index contributed by atoms with van der Waals surface area (Å²) in [4.78, 5) is 10.3. The third-order valence-corrected chi connectivity index (χ3v) is 3.23. The van der Waals surface area contributed by atoms with E-state index in [-0.39, 0.29) is 18.0 Å². The predicted molar refractivity (Wildman–Crippen MR) is 59.0 cm³/mol. The van der Waals surface area contributed by atoms with Gasteiger partial charge in [0.05, 0.1) is 11.9 Å². The Morgan fingerprint density at radius 1 is 1.40 bits per heavy atom. The Bertz CT molecular complexity index is 339. The smallest absolute Gasteiger partial charge is 0.313 e. The Labute approximate surface area is 92.4 Å². The molecule has 0 aromatic heterocycles. The van der Waals surface area contributed by atoms with Crippen molar-refractivity contribution in [2.75, 3.05) is 11.5 Å². The maximum absolute atomic E-state index is 10.3. The van der Waals surface area contributed by atoms with Crippen LogP contribution in [0.15, 0.2) is 30.3 Å². The molecule has 15 heavy (non-hydrogen) atoms. The van der Waals surface area contributed by atoms with Crippen molar-refractivity contribution in [3.63, 3.8) is 0 Å². The second kappa shape index (κ2) is 4.68. The van der Waals surface area contributed by atoms with Crippen molar-refractivity contribution in [3.05, 3.63) is 35.9 Å². The van der Waals surface area contributed by atoms with Gasteiger partial charge in [0.1, 0.15) is 6.10 Å². The first-order valence-corrected chi connectivity index (χ1v) is 5.93. The minimum atomic E-state index is -0.767. The molecule has 1 fully saturated rings. The monoisotopic (exact) mass is 224 g/mol. The summed E-state index contributed by atoms with van der Waals surface area (Å²) in [5.74, 6) is 0.143. The standard InChI is InChI=1S/C11H12O3S/c12-10(13)7-15-6-9-11(14-9)8-4-2-1-3-5-8/h1-5,9,11H,6-7H2,(H,12,13)/t9-,11?/m0/s1. The van der Waals surface area contributed by atoms with E-state index in [0.29, 0.717) is 0 Å². The van der Waals surface area contributed by atoms with Gasteiger partial charge in [0, 0.05) is 5.75 Å². The highest BCUT2D eigenvalue weighted by atomic mass is 32.2. The Balaban J connectivity index is 1.75. The number of carboxylic acid groups (broad SMARTS) is 1. The molecule has 4 heteroatoms. The number of rotatable bonds is 5. The fourth-order valence-corrected chi connectivity index (χ4v) is 2.25. The number of hydrogen-bond acceptors (Lipinski definition) is 3. The van der Waals surface area contributed by atoms with Crippen LogP contribution >= 0.6 is 11.8 Å². The number of aliphatic carboxylic acids is 1. The average molecular weight is 224 g/mol. The van der Waals surface area contributed by atoms with Gasteiger partial charge in [-0.2, -0.15) is 0 Å². The van der Waals surface area contributed by atoms with Crippen molar-refractivity contribution in [2.45, 2.75) is 12.2 Å². The summed E-state index contributed by atoms with van der Waals surface area (Å²) in [6, 6.07) is 10.0. The van der Waals surface area contributed by atoms with E-state index in [2.05, 4.69) is 0 Å². The first-order valence-electron chi connectivity index (χ1n) is 4.77. The van der Waals surface area contributed by atoms with Crippen molar-refractivity contribution < 1.29 is 14.6 Å². The molecule has 0 radical (unpaired) electrons. The molecule has 1 saturated heterocycles. The number of epoxide rings is 1. The molecule has 1 unspecified atom stereocenters. The molecule has 2 rings (SSSR count). The van der Waals surface area contributed by atoms with Crippen LogP contribution in [-0.2, 0) is 9.53 Å². The molecule has 0 bridgehead atoms. The molecule has 80 valence electrons. The van der Waals surface area contributed by atoms with E-state index < -0.39 is 5.97 Å². The van der Waals surface area contributed by atoms with Gasteiger partial charge in [-0.1, -0.05) is 30.3 Å². The highest BCUT2D eigenvalue weighted by Gasteiger charge is 2.39. The lowest BCUT2D eigenvalue weighted by molar-refractivity contribution is -0.133. The Hall–Kier alpha value is -1.00. The SMILES string of the molecule is O=C(O)CSC[C@@H]1OC1c1ccccc1. The largest absolute Gasteiger partial charge is 0.481 e. The molecule has 1 aliphatic rings. The fraction of sp³-hybridized carbons (Fsp3) is 0.364. The second-order valence-corrected chi connectivity index (χ2v) is 4.44. The molecule has 1 aromatic carbocycles. The van der Waals surface area contributed by atoms with Crippen molar-refractivity contribution >= 4 is 17.7 Å². The van der Waals surface area contributed by atoms with Crippen LogP contribution in [0.3, 0.4) is 0 Å². The van der Waals surface area contributed by atoms with E-state index >= 15 is 0 Å². The summed E-state index contributed by atoms with van der Waals surface area (Å²) in [6.07, 6.45) is 0.365. The van der Waals surface area contributed by atoms with Crippen molar-refractivity contribution in [1.82, 2.24) is 0 Å². The molecule has 1 aromatic rings. The van der Waals surface area contributed by atoms with E-state index in [1.165, 1.54) is 17.3 Å². The minimum absolute atomic E-state index is 0.154. The molecule has 0 amide bonds. The zero-order chi connectivity index (χ0) is 10.7. The maximum Gasteiger partial charge on any atom is 0.313 e. The van der Waals surface area contributed by atoms with E-state index in [4.69, 9.17) is 9.84 Å². The molecule has 1 heterocycles. The van der Waals surface area contributed by atoms with Gasteiger partial charge in [0.25, 0.3) is 0 Å². The number of hydrogen-bond donors (Lipinski definition) is 1. The lowest BCUT2D eigenvalue weighted by atomic mass is 10.1. The normalized spacial score (nSPS) is 23.7. The summed E-state index contributed by atoms with van der Waals surface area (Å²) in [5, 5.41) is 8.47. The quantitative estimate of drug-likeness (QED) is 0.776. The van der Waals surface area contributed by atoms with Crippen molar-refractivity contribution in [2.24, 2.45) is 0 Å². The molecule has 2 atom stereocenters. The first kappa shape index (κ1) is 10.5. The molecule has 1 N–H and O–H groups in total. The summed E-state index contributed by atoms with van der Waals surface area (Å²) in [7, 11) is 0. The zero-order valence-corrected chi connectivity index (χ0v) is 8.94. The maximum atomic E-state index is 10.3. The first-order chi connectivity index (χ1) is 7.27. The van der Waals surface area contributed by atoms with Gasteiger partial charge in [0.2, 0.25) is 0 Å². The predicted octanol–water partition coefficient (Wildman–Crippen LogP) is 1.94. The van der Waals surface area contributed by atoms with Gasteiger partial charge in [-0.25, -0.2) is 0 Å². The van der Waals surface area contributed by atoms with Crippen LogP contribution in [0.2, 0.25) is 0 Å². The summed E-state index contributed by atoms with van der Waals surface area (Å²) in [6.45, 7) is 0. The van der Waals surface area contributed by atoms with E-state index in [1.807, 2.05) is 30.3 Å². The summed E-state index contributed by atoms with van der Waals surface area (Å²) < 4.78 is 5.47. The van der Waals surface area contributed by atoms with Crippen LogP contribution in [0.4, 0.5) is 0 Å². The highest BCUT2D eigenvalue weighted by molar-refractivity contribution is 7.99. The van der Waals surface area contributed by atoms with Crippen molar-refractivity contribution in [3.8, 4) is 0 Å². The third kappa shape index (κ3) is 2.97. The highest BCUT2D eigenvalue weighted by Crippen LogP contribution is 2.40. The van der Waals surface area contributed by atoms with Crippen LogP contribution in [-0.4, -0.2) is 28.7 Å². The lowest BCUT2D eigenvalue weighted by Crippen LogP contribution is -2.01. The van der Waals surface area contributed by atoms with Gasteiger partial charge >= 0.3 is 5.97 Å². The van der Waals surface area contributed by atoms with Crippen LogP contribution in [0, 0.1) is 0 Å². The molecular weight excluding hydrogens is 212 g/mol. The van der Waals surface area contributed by atoms with Crippen LogP contribution in [0.1, 0.15) is 11.7 Å². The van der Waals surface area contributed by atoms with Crippen LogP contribution in [0.25, 0.3) is 0 Å². The van der Waals surface area contributed by atoms with E-state index in [0.717, 1.165) is 5.75 Å². The minimum Gasteiger partial charge on any atom is -0.481 e. The van der Waals surface area contributed by atoms with Gasteiger partial charge in [0.15, 0.2) is 0 Å². The van der Waals surface area contributed by atoms with Gasteiger partial charge in [-0.15, -0.1) is 11.8 Å². The average Bonchev–Trinajstić information content (AvgIpc) is 2.98. The Morgan fingerprint density at radius 2 is 2.13 bits per heavy atom. The molecule has 0 spiro atoms. The second-order valence-electron chi connectivity index (χ2n) is 3.41. The summed E-state index contributed by atoms with van der Waals surface area (Å²) in [5.41, 5.74) is 1.18. The third-order valence-electron chi connectivity index (χ3n) is 2.22. The van der Waals surface area contributed by atoms with Crippen molar-refractivity contribution in [1.29, 1.82) is 0 Å². The van der Waals surface area contributed by atoms with E-state index in [1.54, 1.807) is 0 Å². The zero-order valence-electron chi connectivity index (χ0n) is 8.13. The lowest BCUT2D eigenvalue weighted by Gasteiger charge is -1.95. The molecular formula is C11H12O3S. The Kier molecular flexibility index (Phi) is 3.28. The number of thioether (sulfide) groups is 1. The molecule has 1 aliphatic heterocycles. The number of benzene rings is 1.